The molecule has 0 radical (unpaired) electrons. The monoisotopic (exact) mass is 303 g/mol. The first-order valence-electron chi connectivity index (χ1n) is 6.19. The number of aromatic nitrogens is 4. The summed E-state index contributed by atoms with van der Waals surface area (Å²) in [5.41, 5.74) is 7.49. The van der Waals surface area contributed by atoms with E-state index in [2.05, 4.69) is 15.5 Å². The fourth-order valence-electron chi connectivity index (χ4n) is 2.02. The molecule has 0 saturated heterocycles. The van der Waals surface area contributed by atoms with Crippen LogP contribution in [0.25, 0.3) is 11.4 Å². The molecule has 0 aliphatic carbocycles. The second-order valence-corrected chi connectivity index (χ2v) is 5.00. The molecule has 0 fully saturated rings. The molecule has 3 rings (SSSR count). The highest BCUT2D eigenvalue weighted by Gasteiger charge is 2.11. The molecule has 0 bridgehead atoms. The quantitative estimate of drug-likeness (QED) is 0.755. The topological polar surface area (TPSA) is 69.6 Å². The molecule has 7 heteroatoms. The molecule has 0 amide bonds. The molecule has 106 valence electrons. The third-order valence-corrected chi connectivity index (χ3v) is 3.21. The van der Waals surface area contributed by atoms with Crippen LogP contribution in [0, 0.1) is 5.82 Å². The van der Waals surface area contributed by atoms with Crippen LogP contribution in [0.1, 0.15) is 5.56 Å². The highest BCUT2D eigenvalue weighted by atomic mass is 35.5. The van der Waals surface area contributed by atoms with Crippen molar-refractivity contribution in [1.82, 2.24) is 20.2 Å². The lowest BCUT2D eigenvalue weighted by Crippen LogP contribution is -2.04. The maximum Gasteiger partial charge on any atom is 0.182 e. The summed E-state index contributed by atoms with van der Waals surface area (Å²) in [5, 5.41) is 12.2. The van der Waals surface area contributed by atoms with E-state index in [1.165, 1.54) is 12.1 Å². The Bertz CT molecular complexity index is 749. The first-order valence-corrected chi connectivity index (χ1v) is 6.57. The van der Waals surface area contributed by atoms with Crippen LogP contribution in [-0.2, 0) is 6.54 Å². The minimum atomic E-state index is -0.425. The molecule has 0 spiro atoms. The van der Waals surface area contributed by atoms with Crippen molar-refractivity contribution in [1.29, 1.82) is 0 Å². The minimum absolute atomic E-state index is 0.325. The number of benzene rings is 2. The average Bonchev–Trinajstić information content (AvgIpc) is 2.88. The summed E-state index contributed by atoms with van der Waals surface area (Å²) in [7, 11) is 0. The van der Waals surface area contributed by atoms with E-state index in [9.17, 15) is 4.39 Å². The number of halogens is 2. The van der Waals surface area contributed by atoms with E-state index in [0.717, 1.165) is 5.56 Å². The van der Waals surface area contributed by atoms with Crippen molar-refractivity contribution in [3.63, 3.8) is 0 Å². The molecule has 0 aliphatic rings. The van der Waals surface area contributed by atoms with E-state index < -0.39 is 5.82 Å². The van der Waals surface area contributed by atoms with Gasteiger partial charge in [0.2, 0.25) is 0 Å². The van der Waals surface area contributed by atoms with Crippen molar-refractivity contribution >= 4 is 17.3 Å². The third kappa shape index (κ3) is 3.00. The summed E-state index contributed by atoms with van der Waals surface area (Å²) >= 11 is 5.85. The first kappa shape index (κ1) is 13.5. The SMILES string of the molecule is Nc1cc(F)cc(-c2nnnn2Cc2ccc(Cl)cc2)c1. The molecule has 5 nitrogen and oxygen atoms in total. The fourth-order valence-corrected chi connectivity index (χ4v) is 2.15. The van der Waals surface area contributed by atoms with Crippen molar-refractivity contribution in [3.05, 3.63) is 58.9 Å². The number of hydrogen-bond acceptors (Lipinski definition) is 4. The van der Waals surface area contributed by atoms with E-state index >= 15 is 0 Å². The number of nitrogens with two attached hydrogens (primary N) is 1. The number of hydrogen-bond donors (Lipinski definition) is 1. The van der Waals surface area contributed by atoms with Crippen LogP contribution in [0.3, 0.4) is 0 Å². The normalized spacial score (nSPS) is 10.8. The Hall–Kier alpha value is -2.47. The summed E-state index contributed by atoms with van der Waals surface area (Å²) in [6.07, 6.45) is 0. The zero-order valence-corrected chi connectivity index (χ0v) is 11.6. The smallest absolute Gasteiger partial charge is 0.182 e. The van der Waals surface area contributed by atoms with Gasteiger partial charge in [-0.15, -0.1) is 5.10 Å². The highest BCUT2D eigenvalue weighted by Crippen LogP contribution is 2.21. The van der Waals surface area contributed by atoms with Crippen LogP contribution in [-0.4, -0.2) is 20.2 Å². The van der Waals surface area contributed by atoms with Crippen LogP contribution in [0.5, 0.6) is 0 Å². The molecule has 2 aromatic carbocycles. The lowest BCUT2D eigenvalue weighted by Gasteiger charge is -2.06. The number of nitrogen functional groups attached to an aromatic ring is 1. The van der Waals surface area contributed by atoms with Crippen molar-refractivity contribution < 1.29 is 4.39 Å². The Labute approximate surface area is 125 Å². The summed E-state index contributed by atoms with van der Waals surface area (Å²) in [4.78, 5) is 0. The van der Waals surface area contributed by atoms with Crippen LogP contribution >= 0.6 is 11.6 Å². The minimum Gasteiger partial charge on any atom is -0.399 e. The van der Waals surface area contributed by atoms with E-state index in [0.29, 0.717) is 28.6 Å². The Morgan fingerprint density at radius 2 is 1.90 bits per heavy atom. The van der Waals surface area contributed by atoms with E-state index in [-0.39, 0.29) is 0 Å². The summed E-state index contributed by atoms with van der Waals surface area (Å²) in [6.45, 7) is 0.454. The van der Waals surface area contributed by atoms with Crippen LogP contribution in [0.2, 0.25) is 5.02 Å². The van der Waals surface area contributed by atoms with Crippen LogP contribution in [0.15, 0.2) is 42.5 Å². The third-order valence-electron chi connectivity index (χ3n) is 2.96. The Morgan fingerprint density at radius 3 is 2.62 bits per heavy atom. The number of nitrogens with zero attached hydrogens (tertiary/aromatic N) is 4. The molecule has 0 aliphatic heterocycles. The molecule has 2 N–H and O–H groups in total. The van der Waals surface area contributed by atoms with Gasteiger partial charge in [-0.05, 0) is 46.3 Å². The Kier molecular flexibility index (Phi) is 3.53. The number of anilines is 1. The van der Waals surface area contributed by atoms with Crippen LogP contribution in [0.4, 0.5) is 10.1 Å². The molecule has 0 atom stereocenters. The fraction of sp³-hybridized carbons (Fsp3) is 0.0714. The van der Waals surface area contributed by atoms with Crippen molar-refractivity contribution in [2.45, 2.75) is 6.54 Å². The summed E-state index contributed by atoms with van der Waals surface area (Å²) in [5.74, 6) is 0.0298. The van der Waals surface area contributed by atoms with Gasteiger partial charge in [-0.3, -0.25) is 0 Å². The Balaban J connectivity index is 1.95. The van der Waals surface area contributed by atoms with Crippen LogP contribution < -0.4 is 5.73 Å². The molecule has 0 saturated carbocycles. The van der Waals surface area contributed by atoms with Gasteiger partial charge in [0.1, 0.15) is 5.82 Å². The van der Waals surface area contributed by atoms with E-state index in [1.54, 1.807) is 22.9 Å². The van der Waals surface area contributed by atoms with Gasteiger partial charge in [0.15, 0.2) is 5.82 Å². The van der Waals surface area contributed by atoms with E-state index in [4.69, 9.17) is 17.3 Å². The van der Waals surface area contributed by atoms with Crippen molar-refractivity contribution in [2.24, 2.45) is 0 Å². The predicted octanol–water partition coefficient (Wildman–Crippen LogP) is 2.76. The van der Waals surface area contributed by atoms with Gasteiger partial charge >= 0.3 is 0 Å². The Morgan fingerprint density at radius 1 is 1.14 bits per heavy atom. The summed E-state index contributed by atoms with van der Waals surface area (Å²) < 4.78 is 15.0. The van der Waals surface area contributed by atoms with Crippen molar-refractivity contribution in [2.75, 3.05) is 5.73 Å². The molecule has 0 unspecified atom stereocenters. The maximum atomic E-state index is 13.5. The van der Waals surface area contributed by atoms with Gasteiger partial charge in [-0.25, -0.2) is 9.07 Å². The molecule has 1 heterocycles. The largest absolute Gasteiger partial charge is 0.399 e. The van der Waals surface area contributed by atoms with Gasteiger partial charge < -0.3 is 5.73 Å². The maximum absolute atomic E-state index is 13.5. The zero-order chi connectivity index (χ0) is 14.8. The second-order valence-electron chi connectivity index (χ2n) is 4.56. The lowest BCUT2D eigenvalue weighted by atomic mass is 10.1. The molecule has 1 aromatic heterocycles. The molecular formula is C14H11ClFN5. The van der Waals surface area contributed by atoms with Gasteiger partial charge in [0.25, 0.3) is 0 Å². The average molecular weight is 304 g/mol. The van der Waals surface area contributed by atoms with Gasteiger partial charge in [-0.2, -0.15) is 0 Å². The first-order chi connectivity index (χ1) is 10.1. The number of tetrazole rings is 1. The van der Waals surface area contributed by atoms with Gasteiger partial charge in [0.05, 0.1) is 6.54 Å². The standard InChI is InChI=1S/C14H11ClFN5/c15-11-3-1-9(2-4-11)8-21-14(18-19-20-21)10-5-12(16)7-13(17)6-10/h1-7H,8,17H2. The predicted molar refractivity (Wildman–Crippen MR) is 78.2 cm³/mol. The summed E-state index contributed by atoms with van der Waals surface area (Å²) in [6, 6.07) is 11.6. The zero-order valence-electron chi connectivity index (χ0n) is 10.9. The van der Waals surface area contributed by atoms with E-state index in [1.807, 2.05) is 12.1 Å². The highest BCUT2D eigenvalue weighted by molar-refractivity contribution is 6.30. The number of rotatable bonds is 3. The molecule has 3 aromatic rings. The molecular weight excluding hydrogens is 293 g/mol. The molecule has 21 heavy (non-hydrogen) atoms. The lowest BCUT2D eigenvalue weighted by molar-refractivity contribution is 0.627. The van der Waals surface area contributed by atoms with Crippen molar-refractivity contribution in [3.8, 4) is 11.4 Å². The second kappa shape index (κ2) is 5.49. The van der Waals surface area contributed by atoms with Gasteiger partial charge in [-0.1, -0.05) is 23.7 Å². The van der Waals surface area contributed by atoms with Gasteiger partial charge in [0, 0.05) is 16.3 Å².